The van der Waals surface area contributed by atoms with Crippen LogP contribution in [0, 0.1) is 0 Å². The van der Waals surface area contributed by atoms with Gasteiger partial charge in [0.25, 0.3) is 0 Å². The minimum absolute atomic E-state index is 0.0150. The van der Waals surface area contributed by atoms with Crippen molar-refractivity contribution in [3.05, 3.63) is 88.9 Å². The quantitative estimate of drug-likeness (QED) is 0.387. The molecular weight excluding hydrogens is 386 g/mol. The minimum Gasteiger partial charge on any atom is -0.497 e. The second-order valence-electron chi connectivity index (χ2n) is 6.80. The molecule has 0 fully saturated rings. The first-order valence-corrected chi connectivity index (χ1v) is 9.63. The number of rotatable bonds is 6. The number of hydrogen-bond donors (Lipinski definition) is 1. The summed E-state index contributed by atoms with van der Waals surface area (Å²) >= 11 is 6.00. The summed E-state index contributed by atoms with van der Waals surface area (Å²) in [5.74, 6) is 1.23. The van der Waals surface area contributed by atoms with Gasteiger partial charge in [0.2, 0.25) is 0 Å². The van der Waals surface area contributed by atoms with Gasteiger partial charge in [-0.2, -0.15) is 0 Å². The van der Waals surface area contributed by atoms with Crippen LogP contribution in [0.4, 0.5) is 5.95 Å². The predicted octanol–water partition coefficient (Wildman–Crippen LogP) is 4.10. The van der Waals surface area contributed by atoms with Gasteiger partial charge < -0.3 is 4.74 Å². The fourth-order valence-corrected chi connectivity index (χ4v) is 3.56. The number of anilines is 1. The lowest BCUT2D eigenvalue weighted by Gasteiger charge is -2.04. The monoisotopic (exact) mass is 406 g/mol. The third-order valence-electron chi connectivity index (χ3n) is 4.98. The molecule has 6 heteroatoms. The molecule has 146 valence electrons. The smallest absolute Gasteiger partial charge is 0.356 e. The van der Waals surface area contributed by atoms with Gasteiger partial charge in [0.05, 0.1) is 13.7 Å². The normalized spacial score (nSPS) is 11.0. The Kier molecular flexibility index (Phi) is 5.23. The van der Waals surface area contributed by atoms with Gasteiger partial charge in [-0.1, -0.05) is 35.9 Å². The minimum atomic E-state index is -0.0150. The lowest BCUT2D eigenvalue weighted by Crippen LogP contribution is -2.37. The van der Waals surface area contributed by atoms with Crippen LogP contribution in [0.1, 0.15) is 15.9 Å². The first kappa shape index (κ1) is 19.0. The number of methoxy groups -OCH3 is 1. The topological polar surface area (TPSA) is 61.1 Å². The number of hydrogen-bond acceptors (Lipinski definition) is 3. The number of imidazole rings is 1. The number of ether oxygens (including phenoxy) is 1. The highest BCUT2D eigenvalue weighted by molar-refractivity contribution is 6.30. The van der Waals surface area contributed by atoms with E-state index in [4.69, 9.17) is 22.1 Å². The molecule has 2 N–H and O–H groups in total. The number of Topliss-reactive ketones (excluding diaryl/α,β-unsaturated/α-hetero) is 1. The van der Waals surface area contributed by atoms with Crippen LogP contribution < -0.4 is 15.0 Å². The van der Waals surface area contributed by atoms with E-state index in [9.17, 15) is 4.79 Å². The van der Waals surface area contributed by atoms with Crippen molar-refractivity contribution in [1.29, 1.82) is 0 Å². The zero-order valence-corrected chi connectivity index (χ0v) is 16.8. The van der Waals surface area contributed by atoms with Gasteiger partial charge in [-0.3, -0.25) is 10.5 Å². The number of aromatic nitrogens is 2. The van der Waals surface area contributed by atoms with E-state index in [1.807, 2.05) is 57.7 Å². The van der Waals surface area contributed by atoms with Crippen molar-refractivity contribution < 1.29 is 14.1 Å². The first-order chi connectivity index (χ1) is 14.1. The Morgan fingerprint density at radius 2 is 1.72 bits per heavy atom. The van der Waals surface area contributed by atoms with Gasteiger partial charge in [0.15, 0.2) is 5.78 Å². The average Bonchev–Trinajstić information content (AvgIpc) is 3.01. The number of fused-ring (bicyclic) bond motifs is 1. The zero-order valence-electron chi connectivity index (χ0n) is 16.0. The molecule has 0 aliphatic heterocycles. The molecule has 0 unspecified atom stereocenters. The summed E-state index contributed by atoms with van der Waals surface area (Å²) in [6, 6.07) is 22.7. The fraction of sp³-hybridized carbons (Fsp3) is 0.130. The maximum absolute atomic E-state index is 12.9. The highest BCUT2D eigenvalue weighted by Crippen LogP contribution is 2.19. The zero-order chi connectivity index (χ0) is 20.4. The molecule has 0 aliphatic rings. The van der Waals surface area contributed by atoms with Gasteiger partial charge in [-0.25, -0.2) is 9.13 Å². The van der Waals surface area contributed by atoms with Gasteiger partial charge in [0, 0.05) is 10.6 Å². The Bertz CT molecular complexity index is 1170. The van der Waals surface area contributed by atoms with Crippen molar-refractivity contribution in [1.82, 2.24) is 4.57 Å². The number of benzene rings is 3. The molecule has 3 aromatic carbocycles. The summed E-state index contributed by atoms with van der Waals surface area (Å²) in [5, 5.41) is 0.694. The number of halogens is 1. The Morgan fingerprint density at radius 3 is 2.41 bits per heavy atom. The van der Waals surface area contributed by atoms with Gasteiger partial charge in [0.1, 0.15) is 23.3 Å². The molecule has 4 aromatic rings. The molecule has 29 heavy (non-hydrogen) atoms. The Hall–Kier alpha value is -3.31. The summed E-state index contributed by atoms with van der Waals surface area (Å²) in [4.78, 5) is 12.9. The number of para-hydroxylation sites is 2. The molecule has 1 aromatic heterocycles. The van der Waals surface area contributed by atoms with E-state index < -0.39 is 0 Å². The molecule has 0 atom stereocenters. The second kappa shape index (κ2) is 7.97. The van der Waals surface area contributed by atoms with Crippen LogP contribution >= 0.6 is 11.6 Å². The summed E-state index contributed by atoms with van der Waals surface area (Å²) in [6.45, 7) is 0.750. The van der Waals surface area contributed by atoms with E-state index in [2.05, 4.69) is 0 Å². The van der Waals surface area contributed by atoms with E-state index in [1.54, 1.807) is 31.4 Å². The average molecular weight is 407 g/mol. The molecule has 5 nitrogen and oxygen atoms in total. The highest BCUT2D eigenvalue weighted by Gasteiger charge is 2.23. The van der Waals surface area contributed by atoms with Crippen LogP contribution in [0.25, 0.3) is 11.0 Å². The van der Waals surface area contributed by atoms with Crippen LogP contribution in [-0.4, -0.2) is 17.5 Å². The van der Waals surface area contributed by atoms with Crippen molar-refractivity contribution in [3.63, 3.8) is 0 Å². The standard InChI is InChI=1S/C23H20ClN3O2/c1-29-19-12-8-17(9-13-19)22(28)15-27-21-5-3-2-4-20(21)26(23(27)25)14-16-6-10-18(24)11-7-16/h2-13,25H,14-15H2,1H3/p+1. The lowest BCUT2D eigenvalue weighted by atomic mass is 10.1. The molecule has 0 aliphatic carbocycles. The van der Waals surface area contributed by atoms with Crippen molar-refractivity contribution >= 4 is 34.4 Å². The lowest BCUT2D eigenvalue weighted by molar-refractivity contribution is -0.648. The van der Waals surface area contributed by atoms with Crippen molar-refractivity contribution in [2.45, 2.75) is 13.1 Å². The first-order valence-electron chi connectivity index (χ1n) is 9.25. The number of carbonyl (C=O) groups is 1. The summed E-state index contributed by atoms with van der Waals surface area (Å²) in [6.07, 6.45) is 0. The fourth-order valence-electron chi connectivity index (χ4n) is 3.43. The molecule has 1 heterocycles. The summed E-state index contributed by atoms with van der Waals surface area (Å²) < 4.78 is 9.04. The molecule has 0 saturated carbocycles. The van der Waals surface area contributed by atoms with Crippen molar-refractivity contribution in [3.8, 4) is 5.75 Å². The molecule has 0 bridgehead atoms. The van der Waals surface area contributed by atoms with E-state index in [-0.39, 0.29) is 12.3 Å². The van der Waals surface area contributed by atoms with Gasteiger partial charge in [-0.05, 0) is 54.1 Å². The highest BCUT2D eigenvalue weighted by atomic mass is 35.5. The number of carbonyl (C=O) groups excluding carboxylic acids is 1. The Balaban J connectivity index is 1.69. The third kappa shape index (κ3) is 3.82. The molecule has 0 radical (unpaired) electrons. The van der Waals surface area contributed by atoms with E-state index in [0.717, 1.165) is 16.6 Å². The maximum Gasteiger partial charge on any atom is 0.356 e. The Labute approximate surface area is 173 Å². The van der Waals surface area contributed by atoms with E-state index in [1.165, 1.54) is 0 Å². The van der Waals surface area contributed by atoms with Gasteiger partial charge in [-0.15, -0.1) is 0 Å². The van der Waals surface area contributed by atoms with Crippen LogP contribution in [0.3, 0.4) is 0 Å². The second-order valence-corrected chi connectivity index (χ2v) is 7.23. The maximum atomic E-state index is 12.9. The molecule has 4 rings (SSSR count). The molecular formula is C23H21ClN3O2+. The number of nitrogens with two attached hydrogens (primary N) is 1. The van der Waals surface area contributed by atoms with Crippen LogP contribution in [-0.2, 0) is 13.1 Å². The Morgan fingerprint density at radius 1 is 1.03 bits per heavy atom. The molecule has 0 saturated heterocycles. The molecule has 0 amide bonds. The predicted molar refractivity (Wildman–Crippen MR) is 114 cm³/mol. The van der Waals surface area contributed by atoms with Crippen LogP contribution in [0.5, 0.6) is 5.75 Å². The van der Waals surface area contributed by atoms with Crippen LogP contribution in [0.15, 0.2) is 72.8 Å². The number of nitrogen functional groups attached to an aromatic ring is 1. The number of ketones is 1. The summed E-state index contributed by atoms with van der Waals surface area (Å²) in [7, 11) is 1.60. The van der Waals surface area contributed by atoms with E-state index >= 15 is 0 Å². The SMILES string of the molecule is COc1ccc(C(=O)Cn2c(N)[n+](Cc3ccc(Cl)cc3)c3ccccc32)cc1. The van der Waals surface area contributed by atoms with Gasteiger partial charge >= 0.3 is 5.95 Å². The largest absolute Gasteiger partial charge is 0.497 e. The molecule has 0 spiro atoms. The third-order valence-corrected chi connectivity index (χ3v) is 5.24. The summed E-state index contributed by atoms with van der Waals surface area (Å²) in [5.41, 5.74) is 10.1. The number of nitrogens with zero attached hydrogens (tertiary/aromatic N) is 2. The van der Waals surface area contributed by atoms with E-state index in [0.29, 0.717) is 28.8 Å². The van der Waals surface area contributed by atoms with Crippen molar-refractivity contribution in [2.75, 3.05) is 12.8 Å². The van der Waals surface area contributed by atoms with Crippen molar-refractivity contribution in [2.24, 2.45) is 0 Å². The van der Waals surface area contributed by atoms with Crippen LogP contribution in [0.2, 0.25) is 5.02 Å².